The topological polar surface area (TPSA) is 55.6 Å². The first-order valence-corrected chi connectivity index (χ1v) is 6.69. The van der Waals surface area contributed by atoms with Crippen molar-refractivity contribution in [3.8, 4) is 5.75 Å². The number of anilines is 1. The number of ether oxygens (including phenoxy) is 1. The highest BCUT2D eigenvalue weighted by atomic mass is 16.5. The standard InChI is InChI=1S/C15H24N2O2/c1-12(9-10-16)7-8-15(18)17(2)13-5-4-6-14(11-13)19-3/h4-6,11-12H,7-10,16H2,1-3H3. The Bertz CT molecular complexity index is 407. The van der Waals surface area contributed by atoms with Crippen molar-refractivity contribution in [1.29, 1.82) is 0 Å². The number of hydrogen-bond acceptors (Lipinski definition) is 3. The number of nitrogens with zero attached hydrogens (tertiary/aromatic N) is 1. The largest absolute Gasteiger partial charge is 0.497 e. The molecule has 1 rings (SSSR count). The van der Waals surface area contributed by atoms with Gasteiger partial charge in [-0.2, -0.15) is 0 Å². The van der Waals surface area contributed by atoms with Gasteiger partial charge in [-0.15, -0.1) is 0 Å². The number of rotatable bonds is 7. The lowest BCUT2D eigenvalue weighted by molar-refractivity contribution is -0.118. The Morgan fingerprint density at radius 3 is 2.79 bits per heavy atom. The maximum absolute atomic E-state index is 12.1. The SMILES string of the molecule is COc1cccc(N(C)C(=O)CCC(C)CCN)c1. The summed E-state index contributed by atoms with van der Waals surface area (Å²) >= 11 is 0. The number of amides is 1. The summed E-state index contributed by atoms with van der Waals surface area (Å²) in [6, 6.07) is 7.52. The van der Waals surface area contributed by atoms with Crippen molar-refractivity contribution in [2.75, 3.05) is 25.6 Å². The van der Waals surface area contributed by atoms with Crippen LogP contribution in [0, 0.1) is 5.92 Å². The fourth-order valence-electron chi connectivity index (χ4n) is 1.93. The molecule has 0 aromatic heterocycles. The van der Waals surface area contributed by atoms with E-state index >= 15 is 0 Å². The fraction of sp³-hybridized carbons (Fsp3) is 0.533. The number of hydrogen-bond donors (Lipinski definition) is 1. The van der Waals surface area contributed by atoms with Gasteiger partial charge in [0.05, 0.1) is 7.11 Å². The molecule has 19 heavy (non-hydrogen) atoms. The molecule has 4 heteroatoms. The molecule has 0 spiro atoms. The summed E-state index contributed by atoms with van der Waals surface area (Å²) in [5.74, 6) is 1.37. The van der Waals surface area contributed by atoms with Gasteiger partial charge >= 0.3 is 0 Å². The summed E-state index contributed by atoms with van der Waals surface area (Å²) in [6.45, 7) is 2.81. The van der Waals surface area contributed by atoms with E-state index in [1.807, 2.05) is 24.3 Å². The van der Waals surface area contributed by atoms with Crippen molar-refractivity contribution in [2.24, 2.45) is 11.7 Å². The molecule has 0 aliphatic rings. The first-order valence-electron chi connectivity index (χ1n) is 6.69. The smallest absolute Gasteiger partial charge is 0.226 e. The molecule has 0 aliphatic heterocycles. The van der Waals surface area contributed by atoms with Crippen molar-refractivity contribution < 1.29 is 9.53 Å². The summed E-state index contributed by atoms with van der Waals surface area (Å²) in [6.07, 6.45) is 2.40. The quantitative estimate of drug-likeness (QED) is 0.823. The predicted octanol–water partition coefficient (Wildman–Crippen LogP) is 2.42. The van der Waals surface area contributed by atoms with E-state index in [9.17, 15) is 4.79 Å². The van der Waals surface area contributed by atoms with Crippen LogP contribution in [-0.2, 0) is 4.79 Å². The summed E-state index contributed by atoms with van der Waals surface area (Å²) in [5, 5.41) is 0. The molecule has 1 atom stereocenters. The maximum atomic E-state index is 12.1. The zero-order chi connectivity index (χ0) is 14.3. The summed E-state index contributed by atoms with van der Waals surface area (Å²) in [4.78, 5) is 13.8. The number of carbonyl (C=O) groups excluding carboxylic acids is 1. The Labute approximate surface area is 115 Å². The lowest BCUT2D eigenvalue weighted by Crippen LogP contribution is -2.26. The summed E-state index contributed by atoms with van der Waals surface area (Å²) in [5.41, 5.74) is 6.37. The van der Waals surface area contributed by atoms with Crippen LogP contribution in [-0.4, -0.2) is 26.6 Å². The highest BCUT2D eigenvalue weighted by Gasteiger charge is 2.13. The molecule has 0 heterocycles. The molecule has 0 fully saturated rings. The molecular formula is C15H24N2O2. The van der Waals surface area contributed by atoms with Gasteiger partial charge < -0.3 is 15.4 Å². The van der Waals surface area contributed by atoms with Gasteiger partial charge in [-0.05, 0) is 37.4 Å². The highest BCUT2D eigenvalue weighted by Crippen LogP contribution is 2.21. The van der Waals surface area contributed by atoms with E-state index < -0.39 is 0 Å². The lowest BCUT2D eigenvalue weighted by atomic mass is 10.0. The molecule has 0 saturated carbocycles. The number of carbonyl (C=O) groups is 1. The highest BCUT2D eigenvalue weighted by molar-refractivity contribution is 5.92. The van der Waals surface area contributed by atoms with Crippen molar-refractivity contribution in [2.45, 2.75) is 26.2 Å². The van der Waals surface area contributed by atoms with E-state index in [2.05, 4.69) is 6.92 Å². The lowest BCUT2D eigenvalue weighted by Gasteiger charge is -2.19. The molecule has 0 bridgehead atoms. The predicted molar refractivity (Wildman–Crippen MR) is 78.5 cm³/mol. The first kappa shape index (κ1) is 15.5. The Balaban J connectivity index is 2.56. The van der Waals surface area contributed by atoms with Gasteiger partial charge in [0.1, 0.15) is 5.75 Å². The molecule has 0 aliphatic carbocycles. The van der Waals surface area contributed by atoms with Crippen LogP contribution in [0.5, 0.6) is 5.75 Å². The third kappa shape index (κ3) is 4.91. The molecule has 1 aromatic rings. The second kappa shape index (κ2) is 7.79. The Morgan fingerprint density at radius 2 is 2.16 bits per heavy atom. The third-order valence-electron chi connectivity index (χ3n) is 3.33. The zero-order valence-corrected chi connectivity index (χ0v) is 12.1. The molecule has 0 saturated heterocycles. The molecule has 1 aromatic carbocycles. The van der Waals surface area contributed by atoms with Crippen LogP contribution in [0.1, 0.15) is 26.2 Å². The molecular weight excluding hydrogens is 240 g/mol. The molecule has 1 unspecified atom stereocenters. The molecule has 1 amide bonds. The van der Waals surface area contributed by atoms with Crippen molar-refractivity contribution >= 4 is 11.6 Å². The van der Waals surface area contributed by atoms with Gasteiger partial charge in [-0.25, -0.2) is 0 Å². The van der Waals surface area contributed by atoms with Gasteiger partial charge in [0, 0.05) is 25.2 Å². The first-order chi connectivity index (χ1) is 9.08. The van der Waals surface area contributed by atoms with Crippen LogP contribution >= 0.6 is 0 Å². The number of nitrogens with two attached hydrogens (primary N) is 1. The third-order valence-corrected chi connectivity index (χ3v) is 3.33. The van der Waals surface area contributed by atoms with Gasteiger partial charge in [-0.1, -0.05) is 13.0 Å². The second-order valence-corrected chi connectivity index (χ2v) is 4.88. The molecule has 4 nitrogen and oxygen atoms in total. The van der Waals surface area contributed by atoms with Crippen molar-refractivity contribution in [1.82, 2.24) is 0 Å². The van der Waals surface area contributed by atoms with Gasteiger partial charge in [0.15, 0.2) is 0 Å². The second-order valence-electron chi connectivity index (χ2n) is 4.88. The zero-order valence-electron chi connectivity index (χ0n) is 12.1. The van der Waals surface area contributed by atoms with Crippen LogP contribution in [0.3, 0.4) is 0 Å². The van der Waals surface area contributed by atoms with Crippen LogP contribution in [0.4, 0.5) is 5.69 Å². The summed E-state index contributed by atoms with van der Waals surface area (Å²) in [7, 11) is 3.42. The Morgan fingerprint density at radius 1 is 1.42 bits per heavy atom. The Kier molecular flexibility index (Phi) is 6.36. The van der Waals surface area contributed by atoms with E-state index in [0.717, 1.165) is 24.3 Å². The maximum Gasteiger partial charge on any atom is 0.226 e. The van der Waals surface area contributed by atoms with E-state index in [4.69, 9.17) is 10.5 Å². The number of benzene rings is 1. The van der Waals surface area contributed by atoms with E-state index in [1.165, 1.54) is 0 Å². The van der Waals surface area contributed by atoms with E-state index in [0.29, 0.717) is 18.9 Å². The van der Waals surface area contributed by atoms with E-state index in [1.54, 1.807) is 19.1 Å². The van der Waals surface area contributed by atoms with Crippen LogP contribution in [0.25, 0.3) is 0 Å². The molecule has 106 valence electrons. The average Bonchev–Trinajstić information content (AvgIpc) is 2.44. The monoisotopic (exact) mass is 264 g/mol. The normalized spacial score (nSPS) is 12.0. The van der Waals surface area contributed by atoms with Crippen LogP contribution in [0.2, 0.25) is 0 Å². The van der Waals surface area contributed by atoms with Gasteiger partial charge in [-0.3, -0.25) is 4.79 Å². The molecule has 2 N–H and O–H groups in total. The van der Waals surface area contributed by atoms with E-state index in [-0.39, 0.29) is 5.91 Å². The van der Waals surface area contributed by atoms with Crippen LogP contribution in [0.15, 0.2) is 24.3 Å². The van der Waals surface area contributed by atoms with Gasteiger partial charge in [0.2, 0.25) is 5.91 Å². The minimum atomic E-state index is 0.122. The van der Waals surface area contributed by atoms with Gasteiger partial charge in [0.25, 0.3) is 0 Å². The Hall–Kier alpha value is -1.55. The average molecular weight is 264 g/mol. The van der Waals surface area contributed by atoms with Crippen molar-refractivity contribution in [3.63, 3.8) is 0 Å². The number of methoxy groups -OCH3 is 1. The van der Waals surface area contributed by atoms with Crippen LogP contribution < -0.4 is 15.4 Å². The summed E-state index contributed by atoms with van der Waals surface area (Å²) < 4.78 is 5.16. The minimum Gasteiger partial charge on any atom is -0.497 e. The minimum absolute atomic E-state index is 0.122. The molecule has 0 radical (unpaired) electrons. The fourth-order valence-corrected chi connectivity index (χ4v) is 1.93. The van der Waals surface area contributed by atoms with Crippen molar-refractivity contribution in [3.05, 3.63) is 24.3 Å².